The molecule has 1 aromatic carbocycles. The average molecular weight is 301 g/mol. The van der Waals surface area contributed by atoms with E-state index in [1.807, 2.05) is 11.3 Å². The van der Waals surface area contributed by atoms with Gasteiger partial charge in [0.15, 0.2) is 0 Å². The van der Waals surface area contributed by atoms with Crippen molar-refractivity contribution in [3.8, 4) is 11.3 Å². The van der Waals surface area contributed by atoms with Crippen LogP contribution in [0.4, 0.5) is 0 Å². The second kappa shape index (κ2) is 6.69. The molecule has 0 amide bonds. The van der Waals surface area contributed by atoms with Crippen molar-refractivity contribution in [2.75, 3.05) is 26.2 Å². The molecule has 2 heterocycles. The van der Waals surface area contributed by atoms with E-state index in [2.05, 4.69) is 54.4 Å². The summed E-state index contributed by atoms with van der Waals surface area (Å²) in [4.78, 5) is 8.92. The molecule has 1 unspecified atom stereocenters. The number of piperazine rings is 1. The molecule has 4 heteroatoms. The van der Waals surface area contributed by atoms with Crippen LogP contribution in [0.5, 0.6) is 0 Å². The maximum atomic E-state index is 4.98. The van der Waals surface area contributed by atoms with E-state index in [9.17, 15) is 0 Å². The lowest BCUT2D eigenvalue weighted by molar-refractivity contribution is 0.185. The van der Waals surface area contributed by atoms with Gasteiger partial charge in [0.25, 0.3) is 0 Å². The van der Waals surface area contributed by atoms with Gasteiger partial charge in [0.2, 0.25) is 0 Å². The van der Waals surface area contributed by atoms with Crippen LogP contribution in [0.3, 0.4) is 0 Å². The summed E-state index contributed by atoms with van der Waals surface area (Å²) in [5, 5.41) is 4.67. The van der Waals surface area contributed by atoms with E-state index in [1.54, 1.807) is 0 Å². The molecule has 1 atom stereocenters. The zero-order chi connectivity index (χ0) is 14.7. The molecule has 1 aromatic heterocycles. The molecule has 1 fully saturated rings. The van der Waals surface area contributed by atoms with Crippen LogP contribution < -0.4 is 5.32 Å². The third-order valence-electron chi connectivity index (χ3n) is 4.14. The molecule has 1 saturated heterocycles. The first-order valence-corrected chi connectivity index (χ1v) is 8.61. The van der Waals surface area contributed by atoms with E-state index >= 15 is 0 Å². The third kappa shape index (κ3) is 3.18. The molecule has 3 nitrogen and oxygen atoms in total. The van der Waals surface area contributed by atoms with Crippen LogP contribution in [0.15, 0.2) is 30.3 Å². The second-order valence-corrected chi connectivity index (χ2v) is 6.62. The second-order valence-electron chi connectivity index (χ2n) is 5.51. The van der Waals surface area contributed by atoms with Crippen molar-refractivity contribution < 1.29 is 0 Å². The summed E-state index contributed by atoms with van der Waals surface area (Å²) < 4.78 is 0. The number of thiazole rings is 1. The van der Waals surface area contributed by atoms with Crippen molar-refractivity contribution in [1.29, 1.82) is 0 Å². The van der Waals surface area contributed by atoms with Crippen LogP contribution in [0.25, 0.3) is 11.3 Å². The van der Waals surface area contributed by atoms with Gasteiger partial charge in [-0.25, -0.2) is 4.98 Å². The Balaban J connectivity index is 1.88. The predicted molar refractivity (Wildman–Crippen MR) is 89.8 cm³/mol. The number of nitrogens with zero attached hydrogens (tertiary/aromatic N) is 2. The SMILES string of the molecule is CCc1sc(C(C)N2CCNCC2)nc1-c1ccccc1. The topological polar surface area (TPSA) is 28.2 Å². The van der Waals surface area contributed by atoms with Crippen molar-refractivity contribution in [3.05, 3.63) is 40.2 Å². The zero-order valence-corrected chi connectivity index (χ0v) is 13.6. The van der Waals surface area contributed by atoms with E-state index in [0.29, 0.717) is 6.04 Å². The van der Waals surface area contributed by atoms with Crippen LogP contribution in [0, 0.1) is 0 Å². The molecule has 3 rings (SSSR count). The molecule has 2 aromatic rings. The van der Waals surface area contributed by atoms with Gasteiger partial charge in [0, 0.05) is 36.6 Å². The Bertz CT molecular complexity index is 573. The normalized spacial score (nSPS) is 17.8. The maximum Gasteiger partial charge on any atom is 0.110 e. The zero-order valence-electron chi connectivity index (χ0n) is 12.8. The van der Waals surface area contributed by atoms with Gasteiger partial charge in [-0.2, -0.15) is 0 Å². The van der Waals surface area contributed by atoms with E-state index < -0.39 is 0 Å². The summed E-state index contributed by atoms with van der Waals surface area (Å²) in [6.07, 6.45) is 1.05. The van der Waals surface area contributed by atoms with Crippen LogP contribution in [-0.4, -0.2) is 36.1 Å². The summed E-state index contributed by atoms with van der Waals surface area (Å²) >= 11 is 1.88. The molecule has 0 spiro atoms. The number of aromatic nitrogens is 1. The summed E-state index contributed by atoms with van der Waals surface area (Å²) in [6, 6.07) is 11.0. The third-order valence-corrected chi connectivity index (χ3v) is 5.51. The van der Waals surface area contributed by atoms with Gasteiger partial charge in [0.05, 0.1) is 11.7 Å². The predicted octanol–water partition coefficient (Wildman–Crippen LogP) is 3.34. The number of rotatable bonds is 4. The summed E-state index contributed by atoms with van der Waals surface area (Å²) in [5.41, 5.74) is 2.42. The average Bonchev–Trinajstić information content (AvgIpc) is 3.00. The molecule has 0 bridgehead atoms. The van der Waals surface area contributed by atoms with Gasteiger partial charge in [-0.05, 0) is 13.3 Å². The number of nitrogens with one attached hydrogen (secondary N) is 1. The van der Waals surface area contributed by atoms with Crippen molar-refractivity contribution in [3.63, 3.8) is 0 Å². The highest BCUT2D eigenvalue weighted by Crippen LogP contribution is 2.33. The van der Waals surface area contributed by atoms with Crippen LogP contribution in [0.1, 0.15) is 29.8 Å². The molecular weight excluding hydrogens is 278 g/mol. The van der Waals surface area contributed by atoms with Crippen LogP contribution in [-0.2, 0) is 6.42 Å². The van der Waals surface area contributed by atoms with Crippen LogP contribution >= 0.6 is 11.3 Å². The lowest BCUT2D eigenvalue weighted by Gasteiger charge is -2.31. The largest absolute Gasteiger partial charge is 0.314 e. The highest BCUT2D eigenvalue weighted by molar-refractivity contribution is 7.12. The van der Waals surface area contributed by atoms with E-state index in [1.165, 1.54) is 21.1 Å². The highest BCUT2D eigenvalue weighted by Gasteiger charge is 2.22. The quantitative estimate of drug-likeness (QED) is 0.939. The number of hydrogen-bond acceptors (Lipinski definition) is 4. The van der Waals surface area contributed by atoms with Gasteiger partial charge in [0.1, 0.15) is 5.01 Å². The summed E-state index contributed by atoms with van der Waals surface area (Å²) in [5.74, 6) is 0. The minimum atomic E-state index is 0.417. The molecule has 1 aliphatic heterocycles. The molecule has 0 aliphatic carbocycles. The van der Waals surface area contributed by atoms with E-state index in [4.69, 9.17) is 4.98 Å². The van der Waals surface area contributed by atoms with E-state index in [0.717, 1.165) is 32.6 Å². The maximum absolute atomic E-state index is 4.98. The van der Waals surface area contributed by atoms with Crippen molar-refractivity contribution in [2.24, 2.45) is 0 Å². The fourth-order valence-corrected chi connectivity index (χ4v) is 3.95. The Hall–Kier alpha value is -1.23. The fraction of sp³-hybridized carbons (Fsp3) is 0.471. The molecular formula is C17H23N3S. The Morgan fingerprint density at radius 3 is 2.62 bits per heavy atom. The summed E-state index contributed by atoms with van der Waals surface area (Å²) in [6.45, 7) is 8.91. The van der Waals surface area contributed by atoms with Crippen LogP contribution in [0.2, 0.25) is 0 Å². The Morgan fingerprint density at radius 2 is 1.95 bits per heavy atom. The lowest BCUT2D eigenvalue weighted by atomic mass is 10.1. The van der Waals surface area contributed by atoms with Crippen molar-refractivity contribution in [2.45, 2.75) is 26.3 Å². The van der Waals surface area contributed by atoms with Crippen molar-refractivity contribution >= 4 is 11.3 Å². The number of benzene rings is 1. The fourth-order valence-electron chi connectivity index (χ4n) is 2.84. The first-order valence-electron chi connectivity index (χ1n) is 7.79. The Kier molecular flexibility index (Phi) is 4.68. The standard InChI is InChI=1S/C17H23N3S/c1-3-15-16(14-7-5-4-6-8-14)19-17(21-15)13(2)20-11-9-18-10-12-20/h4-8,13,18H,3,9-12H2,1-2H3. The molecule has 21 heavy (non-hydrogen) atoms. The monoisotopic (exact) mass is 301 g/mol. The Labute approximate surface area is 131 Å². The molecule has 112 valence electrons. The smallest absolute Gasteiger partial charge is 0.110 e. The van der Waals surface area contributed by atoms with Crippen molar-refractivity contribution in [1.82, 2.24) is 15.2 Å². The Morgan fingerprint density at radius 1 is 1.24 bits per heavy atom. The highest BCUT2D eigenvalue weighted by atomic mass is 32.1. The molecule has 1 N–H and O–H groups in total. The van der Waals surface area contributed by atoms with Gasteiger partial charge in [-0.15, -0.1) is 11.3 Å². The molecule has 1 aliphatic rings. The molecule has 0 saturated carbocycles. The van der Waals surface area contributed by atoms with Gasteiger partial charge < -0.3 is 5.32 Å². The number of aryl methyl sites for hydroxylation is 1. The minimum Gasteiger partial charge on any atom is -0.314 e. The van der Waals surface area contributed by atoms with Gasteiger partial charge in [-0.1, -0.05) is 37.3 Å². The first kappa shape index (κ1) is 14.7. The number of hydrogen-bond donors (Lipinski definition) is 1. The minimum absolute atomic E-state index is 0.417. The summed E-state index contributed by atoms with van der Waals surface area (Å²) in [7, 11) is 0. The first-order chi connectivity index (χ1) is 10.3. The lowest BCUT2D eigenvalue weighted by Crippen LogP contribution is -2.44. The van der Waals surface area contributed by atoms with Gasteiger partial charge in [-0.3, -0.25) is 4.90 Å². The van der Waals surface area contributed by atoms with E-state index in [-0.39, 0.29) is 0 Å². The van der Waals surface area contributed by atoms with Gasteiger partial charge >= 0.3 is 0 Å². The molecule has 0 radical (unpaired) electrons.